The Morgan fingerprint density at radius 3 is 2.30 bits per heavy atom. The summed E-state index contributed by atoms with van der Waals surface area (Å²) in [5, 5.41) is 0.988. The van der Waals surface area contributed by atoms with Crippen LogP contribution in [0.2, 0.25) is 0 Å². The maximum Gasteiger partial charge on any atom is 0.417 e. The van der Waals surface area contributed by atoms with Crippen molar-refractivity contribution in [3.05, 3.63) is 106 Å². The highest BCUT2D eigenvalue weighted by molar-refractivity contribution is 6.20. The predicted molar refractivity (Wildman–Crippen MR) is 117 cm³/mol. The molecule has 5 aromatic rings. The first-order chi connectivity index (χ1) is 15.8. The second kappa shape index (κ2) is 7.48. The van der Waals surface area contributed by atoms with Crippen molar-refractivity contribution in [2.45, 2.75) is 13.1 Å². The molecular formula is C26H15F3O4. The highest BCUT2D eigenvalue weighted by atomic mass is 19.4. The Kier molecular flexibility index (Phi) is 4.70. The van der Waals surface area contributed by atoms with Gasteiger partial charge < -0.3 is 8.83 Å². The minimum atomic E-state index is -4.72. The van der Waals surface area contributed by atoms with E-state index < -0.39 is 28.7 Å². The molecule has 0 N–H and O–H groups in total. The van der Waals surface area contributed by atoms with Crippen LogP contribution in [0.5, 0.6) is 0 Å². The third-order valence-corrected chi connectivity index (χ3v) is 5.52. The summed E-state index contributed by atoms with van der Waals surface area (Å²) >= 11 is 0. The standard InChI is InChI=1S/C26H15F3O4/c1-14-13-20(30)33-24-16(14)11-12-19-22(24)21(15-7-3-2-4-8-15)25(32-19)23(31)17-9-5-6-10-18(17)26(27,28)29/h2-13H,1H3. The summed E-state index contributed by atoms with van der Waals surface area (Å²) in [4.78, 5) is 25.6. The van der Waals surface area contributed by atoms with Gasteiger partial charge in [-0.05, 0) is 36.2 Å². The maximum atomic E-state index is 13.6. The highest BCUT2D eigenvalue weighted by Crippen LogP contribution is 2.41. The number of hydrogen-bond donors (Lipinski definition) is 0. The van der Waals surface area contributed by atoms with E-state index in [-0.39, 0.29) is 22.5 Å². The van der Waals surface area contributed by atoms with Crippen LogP contribution in [-0.4, -0.2) is 5.78 Å². The molecule has 0 saturated heterocycles. The predicted octanol–water partition coefficient (Wildman–Crippen LogP) is 6.76. The zero-order valence-corrected chi connectivity index (χ0v) is 17.2. The van der Waals surface area contributed by atoms with Crippen LogP contribution in [0.4, 0.5) is 13.2 Å². The Hall–Kier alpha value is -4.13. The van der Waals surface area contributed by atoms with Gasteiger partial charge in [0, 0.05) is 22.6 Å². The molecule has 0 aliphatic carbocycles. The molecule has 164 valence electrons. The first-order valence-electron chi connectivity index (χ1n) is 10.0. The lowest BCUT2D eigenvalue weighted by atomic mass is 9.94. The number of benzene rings is 3. The summed E-state index contributed by atoms with van der Waals surface area (Å²) in [6.45, 7) is 1.75. The summed E-state index contributed by atoms with van der Waals surface area (Å²) in [6.07, 6.45) is -4.72. The topological polar surface area (TPSA) is 60.4 Å². The fraction of sp³-hybridized carbons (Fsp3) is 0.0769. The van der Waals surface area contributed by atoms with E-state index in [1.165, 1.54) is 18.2 Å². The van der Waals surface area contributed by atoms with Crippen LogP contribution >= 0.6 is 0 Å². The number of carbonyl (C=O) groups is 1. The van der Waals surface area contributed by atoms with Gasteiger partial charge in [0.25, 0.3) is 0 Å². The summed E-state index contributed by atoms with van der Waals surface area (Å²) in [5.41, 5.74) is -0.245. The normalized spacial score (nSPS) is 11.9. The van der Waals surface area contributed by atoms with Crippen LogP contribution in [0.25, 0.3) is 33.1 Å². The Morgan fingerprint density at radius 1 is 0.879 bits per heavy atom. The van der Waals surface area contributed by atoms with Gasteiger partial charge in [-0.3, -0.25) is 4.79 Å². The van der Waals surface area contributed by atoms with Crippen LogP contribution in [0.3, 0.4) is 0 Å². The molecule has 33 heavy (non-hydrogen) atoms. The quantitative estimate of drug-likeness (QED) is 0.226. The Labute approximate surface area is 184 Å². The van der Waals surface area contributed by atoms with E-state index in [1.54, 1.807) is 49.4 Å². The van der Waals surface area contributed by atoms with E-state index in [2.05, 4.69) is 0 Å². The van der Waals surface area contributed by atoms with Crippen molar-refractivity contribution < 1.29 is 26.8 Å². The number of fused-ring (bicyclic) bond motifs is 3. The van der Waals surface area contributed by atoms with Crippen LogP contribution in [0, 0.1) is 6.92 Å². The molecule has 0 bridgehead atoms. The second-order valence-corrected chi connectivity index (χ2v) is 7.61. The van der Waals surface area contributed by atoms with Gasteiger partial charge in [0.2, 0.25) is 5.78 Å². The third-order valence-electron chi connectivity index (χ3n) is 5.52. The molecule has 0 unspecified atom stereocenters. The Balaban J connectivity index is 1.89. The fourth-order valence-electron chi connectivity index (χ4n) is 4.05. The van der Waals surface area contributed by atoms with Crippen molar-refractivity contribution >= 4 is 27.7 Å². The number of aryl methyl sites for hydroxylation is 1. The van der Waals surface area contributed by atoms with Crippen LogP contribution in [-0.2, 0) is 6.18 Å². The van der Waals surface area contributed by atoms with Crippen molar-refractivity contribution in [3.8, 4) is 11.1 Å². The first kappa shape index (κ1) is 20.8. The molecule has 7 heteroatoms. The van der Waals surface area contributed by atoms with Gasteiger partial charge in [-0.15, -0.1) is 0 Å². The molecule has 0 amide bonds. The summed E-state index contributed by atoms with van der Waals surface area (Å²) in [7, 11) is 0. The smallest absolute Gasteiger partial charge is 0.417 e. The Bertz CT molecular complexity index is 1590. The maximum absolute atomic E-state index is 13.6. The first-order valence-corrected chi connectivity index (χ1v) is 10.0. The molecule has 0 atom stereocenters. The molecule has 4 nitrogen and oxygen atoms in total. The van der Waals surface area contributed by atoms with Gasteiger partial charge in [0.1, 0.15) is 11.2 Å². The summed E-state index contributed by atoms with van der Waals surface area (Å²) < 4.78 is 52.2. The monoisotopic (exact) mass is 448 g/mol. The molecule has 0 spiro atoms. The van der Waals surface area contributed by atoms with Crippen LogP contribution in [0.1, 0.15) is 27.2 Å². The van der Waals surface area contributed by atoms with Gasteiger partial charge >= 0.3 is 11.8 Å². The van der Waals surface area contributed by atoms with Crippen molar-refractivity contribution in [2.24, 2.45) is 0 Å². The third kappa shape index (κ3) is 3.42. The van der Waals surface area contributed by atoms with Crippen molar-refractivity contribution in [2.75, 3.05) is 0 Å². The van der Waals surface area contributed by atoms with Crippen LogP contribution in [0.15, 0.2) is 86.4 Å². The van der Waals surface area contributed by atoms with Gasteiger partial charge in [0.15, 0.2) is 5.76 Å². The molecule has 3 aromatic carbocycles. The number of hydrogen-bond acceptors (Lipinski definition) is 4. The zero-order chi connectivity index (χ0) is 23.3. The number of ketones is 1. The van der Waals surface area contributed by atoms with E-state index in [9.17, 15) is 22.8 Å². The molecular weight excluding hydrogens is 433 g/mol. The van der Waals surface area contributed by atoms with E-state index in [4.69, 9.17) is 8.83 Å². The average molecular weight is 448 g/mol. The number of carbonyl (C=O) groups excluding carboxylic acids is 1. The summed E-state index contributed by atoms with van der Waals surface area (Å²) in [5.74, 6) is -1.18. The molecule has 0 aliphatic rings. The lowest BCUT2D eigenvalue weighted by Gasteiger charge is -2.11. The molecule has 0 aliphatic heterocycles. The van der Waals surface area contributed by atoms with E-state index in [0.29, 0.717) is 21.9 Å². The van der Waals surface area contributed by atoms with Gasteiger partial charge in [-0.25, -0.2) is 4.79 Å². The minimum absolute atomic E-state index is 0.211. The molecule has 2 heterocycles. The molecule has 0 fully saturated rings. The van der Waals surface area contributed by atoms with Crippen molar-refractivity contribution in [1.29, 1.82) is 0 Å². The molecule has 0 radical (unpaired) electrons. The zero-order valence-electron chi connectivity index (χ0n) is 17.2. The highest BCUT2D eigenvalue weighted by Gasteiger charge is 2.37. The number of rotatable bonds is 3. The summed E-state index contributed by atoms with van der Waals surface area (Å²) in [6, 6.07) is 17.9. The van der Waals surface area contributed by atoms with Gasteiger partial charge in [-0.1, -0.05) is 48.5 Å². The fourth-order valence-corrected chi connectivity index (χ4v) is 4.05. The molecule has 2 aromatic heterocycles. The van der Waals surface area contributed by atoms with Crippen LogP contribution < -0.4 is 5.63 Å². The average Bonchev–Trinajstić information content (AvgIpc) is 3.18. The largest absolute Gasteiger partial charge is 0.452 e. The molecule has 5 rings (SSSR count). The lowest BCUT2D eigenvalue weighted by molar-refractivity contribution is -0.137. The number of alkyl halides is 3. The molecule has 0 saturated carbocycles. The van der Waals surface area contributed by atoms with E-state index in [0.717, 1.165) is 12.1 Å². The second-order valence-electron chi connectivity index (χ2n) is 7.61. The van der Waals surface area contributed by atoms with E-state index >= 15 is 0 Å². The van der Waals surface area contributed by atoms with Crippen molar-refractivity contribution in [3.63, 3.8) is 0 Å². The number of halogens is 3. The van der Waals surface area contributed by atoms with E-state index in [1.807, 2.05) is 0 Å². The van der Waals surface area contributed by atoms with Gasteiger partial charge in [0.05, 0.1) is 10.9 Å². The van der Waals surface area contributed by atoms with Gasteiger partial charge in [-0.2, -0.15) is 13.2 Å². The SMILES string of the molecule is Cc1cc(=O)oc2c1ccc1oc(C(=O)c3ccccc3C(F)(F)F)c(-c3ccccc3)c12. The van der Waals surface area contributed by atoms with Crippen molar-refractivity contribution in [1.82, 2.24) is 0 Å². The minimum Gasteiger partial charge on any atom is -0.452 e. The lowest BCUT2D eigenvalue weighted by Crippen LogP contribution is -2.13. The number of furan rings is 1. The Morgan fingerprint density at radius 2 is 1.58 bits per heavy atom.